The van der Waals surface area contributed by atoms with Gasteiger partial charge in [0.25, 0.3) is 5.91 Å². The van der Waals surface area contributed by atoms with E-state index in [1.807, 2.05) is 50.2 Å². The van der Waals surface area contributed by atoms with Crippen molar-refractivity contribution in [2.24, 2.45) is 0 Å². The van der Waals surface area contributed by atoms with Gasteiger partial charge >= 0.3 is 6.18 Å². The molecule has 0 bridgehead atoms. The van der Waals surface area contributed by atoms with E-state index in [4.69, 9.17) is 11.6 Å². The van der Waals surface area contributed by atoms with Crippen LogP contribution in [-0.2, 0) is 12.7 Å². The largest absolute Gasteiger partial charge is 0.433 e. The second-order valence-corrected chi connectivity index (χ2v) is 10.2. The summed E-state index contributed by atoms with van der Waals surface area (Å²) in [6.45, 7) is 7.01. The van der Waals surface area contributed by atoms with Crippen LogP contribution in [0.2, 0.25) is 5.02 Å². The highest BCUT2D eigenvalue weighted by Crippen LogP contribution is 2.33. The molecule has 198 valence electrons. The summed E-state index contributed by atoms with van der Waals surface area (Å²) < 4.78 is 42.7. The minimum absolute atomic E-state index is 0.0208. The molecule has 4 aromatic rings. The second-order valence-electron chi connectivity index (χ2n) is 9.80. The van der Waals surface area contributed by atoms with E-state index in [-0.39, 0.29) is 17.0 Å². The summed E-state index contributed by atoms with van der Waals surface area (Å²) in [6.07, 6.45) is -4.67. The number of aromatic nitrogens is 3. The van der Waals surface area contributed by atoms with Gasteiger partial charge in [-0.05, 0) is 35.2 Å². The van der Waals surface area contributed by atoms with Crippen molar-refractivity contribution in [2.75, 3.05) is 26.2 Å². The molecule has 0 radical (unpaired) electrons. The van der Waals surface area contributed by atoms with Crippen LogP contribution in [0, 0.1) is 0 Å². The van der Waals surface area contributed by atoms with Crippen LogP contribution in [0.25, 0.3) is 16.9 Å². The second kappa shape index (κ2) is 10.4. The highest BCUT2D eigenvalue weighted by molar-refractivity contribution is 6.30. The lowest BCUT2D eigenvalue weighted by molar-refractivity contribution is -0.142. The Morgan fingerprint density at radius 3 is 2.24 bits per heavy atom. The van der Waals surface area contributed by atoms with Crippen molar-refractivity contribution in [3.8, 4) is 11.3 Å². The fourth-order valence-electron chi connectivity index (χ4n) is 4.59. The standard InChI is InChI=1S/C28H27ClF3N5O/c1-18(2)20-5-7-21(8-6-20)23-15-25(28(30,31)32)37-26(33-23)16-24(34-37)27(38)36-13-11-35(12-14-36)17-19-3-9-22(29)10-4-19/h3-10,15-16,18H,11-14,17H2,1-2H3. The summed E-state index contributed by atoms with van der Waals surface area (Å²) in [4.78, 5) is 21.5. The third kappa shape index (κ3) is 5.54. The van der Waals surface area contributed by atoms with Gasteiger partial charge in [-0.25, -0.2) is 9.50 Å². The number of piperazine rings is 1. The topological polar surface area (TPSA) is 53.7 Å². The molecule has 38 heavy (non-hydrogen) atoms. The maximum Gasteiger partial charge on any atom is 0.433 e. The van der Waals surface area contributed by atoms with Crippen LogP contribution in [-0.4, -0.2) is 56.5 Å². The number of rotatable bonds is 5. The lowest BCUT2D eigenvalue weighted by Crippen LogP contribution is -2.48. The molecule has 6 nitrogen and oxygen atoms in total. The average molecular weight is 542 g/mol. The lowest BCUT2D eigenvalue weighted by Gasteiger charge is -2.34. The van der Waals surface area contributed by atoms with Crippen LogP contribution in [0.5, 0.6) is 0 Å². The molecule has 5 rings (SSSR count). The smallest absolute Gasteiger partial charge is 0.335 e. The van der Waals surface area contributed by atoms with Crippen molar-refractivity contribution in [3.63, 3.8) is 0 Å². The van der Waals surface area contributed by atoms with Gasteiger partial charge in [0, 0.05) is 49.4 Å². The quantitative estimate of drug-likeness (QED) is 0.304. The third-order valence-electron chi connectivity index (χ3n) is 6.79. The van der Waals surface area contributed by atoms with E-state index in [1.54, 1.807) is 17.0 Å². The summed E-state index contributed by atoms with van der Waals surface area (Å²) in [5.41, 5.74) is 1.89. The van der Waals surface area contributed by atoms with Crippen molar-refractivity contribution in [1.82, 2.24) is 24.4 Å². The van der Waals surface area contributed by atoms with Crippen molar-refractivity contribution in [1.29, 1.82) is 0 Å². The molecule has 0 unspecified atom stereocenters. The molecule has 0 spiro atoms. The van der Waals surface area contributed by atoms with E-state index < -0.39 is 17.8 Å². The molecule has 0 atom stereocenters. The Bertz CT molecular complexity index is 1440. The number of hydrogen-bond acceptors (Lipinski definition) is 4. The van der Waals surface area contributed by atoms with Crippen LogP contribution in [0.1, 0.15) is 47.1 Å². The molecule has 3 heterocycles. The summed E-state index contributed by atoms with van der Waals surface area (Å²) in [5, 5.41) is 4.72. The van der Waals surface area contributed by atoms with Crippen molar-refractivity contribution < 1.29 is 18.0 Å². The van der Waals surface area contributed by atoms with Gasteiger partial charge in [-0.2, -0.15) is 18.3 Å². The number of carbonyl (C=O) groups is 1. The van der Waals surface area contributed by atoms with E-state index >= 15 is 0 Å². The first-order chi connectivity index (χ1) is 18.1. The molecule has 10 heteroatoms. The predicted octanol–water partition coefficient (Wildman–Crippen LogP) is 6.15. The molecule has 2 aromatic heterocycles. The molecule has 1 amide bonds. The number of hydrogen-bond donors (Lipinski definition) is 0. The Morgan fingerprint density at radius 1 is 0.974 bits per heavy atom. The van der Waals surface area contributed by atoms with Gasteiger partial charge in [0.15, 0.2) is 17.0 Å². The van der Waals surface area contributed by atoms with Gasteiger partial charge in [-0.15, -0.1) is 0 Å². The fourth-order valence-corrected chi connectivity index (χ4v) is 4.71. The maximum absolute atomic E-state index is 14.0. The lowest BCUT2D eigenvalue weighted by atomic mass is 10.0. The number of fused-ring (bicyclic) bond motifs is 1. The molecule has 1 aliphatic heterocycles. The number of carbonyl (C=O) groups excluding carboxylic acids is 1. The first-order valence-electron chi connectivity index (χ1n) is 12.4. The monoisotopic (exact) mass is 541 g/mol. The molecule has 1 aliphatic rings. The highest BCUT2D eigenvalue weighted by Gasteiger charge is 2.36. The molecule has 0 aliphatic carbocycles. The zero-order chi connectivity index (χ0) is 27.0. The molecular weight excluding hydrogens is 515 g/mol. The minimum Gasteiger partial charge on any atom is -0.335 e. The normalized spacial score (nSPS) is 15.0. The van der Waals surface area contributed by atoms with Gasteiger partial charge in [0.05, 0.1) is 5.69 Å². The molecule has 1 saturated heterocycles. The summed E-state index contributed by atoms with van der Waals surface area (Å²) in [7, 11) is 0. The molecule has 0 N–H and O–H groups in total. The summed E-state index contributed by atoms with van der Waals surface area (Å²) in [6, 6.07) is 17.2. The van der Waals surface area contributed by atoms with Gasteiger partial charge in [0.1, 0.15) is 0 Å². The maximum atomic E-state index is 14.0. The Hall–Kier alpha value is -3.43. The van der Waals surface area contributed by atoms with E-state index in [2.05, 4.69) is 15.0 Å². The first-order valence-corrected chi connectivity index (χ1v) is 12.8. The van der Waals surface area contributed by atoms with Gasteiger partial charge in [-0.1, -0.05) is 61.8 Å². The van der Waals surface area contributed by atoms with Gasteiger partial charge < -0.3 is 4.90 Å². The van der Waals surface area contributed by atoms with E-state index in [0.717, 1.165) is 28.3 Å². The van der Waals surface area contributed by atoms with Crippen molar-refractivity contribution in [3.05, 3.63) is 88.2 Å². The third-order valence-corrected chi connectivity index (χ3v) is 7.04. The SMILES string of the molecule is CC(C)c1ccc(-c2cc(C(F)(F)F)n3nc(C(=O)N4CCN(Cc5ccc(Cl)cc5)CC4)cc3n2)cc1. The first kappa shape index (κ1) is 26.2. The zero-order valence-corrected chi connectivity index (χ0v) is 21.8. The molecule has 2 aromatic carbocycles. The zero-order valence-electron chi connectivity index (χ0n) is 21.0. The van der Waals surface area contributed by atoms with Crippen molar-refractivity contribution in [2.45, 2.75) is 32.5 Å². The molecule has 1 fully saturated rings. The van der Waals surface area contributed by atoms with E-state index in [1.165, 1.54) is 6.07 Å². The number of amides is 1. The van der Waals surface area contributed by atoms with Crippen LogP contribution in [0.15, 0.2) is 60.7 Å². The molecular formula is C28H27ClF3N5O. The summed E-state index contributed by atoms with van der Waals surface area (Å²) in [5.74, 6) is -0.106. The van der Waals surface area contributed by atoms with E-state index in [9.17, 15) is 18.0 Å². The van der Waals surface area contributed by atoms with Crippen LogP contribution < -0.4 is 0 Å². The minimum atomic E-state index is -4.67. The van der Waals surface area contributed by atoms with Crippen LogP contribution >= 0.6 is 11.6 Å². The Kier molecular flexibility index (Phi) is 7.15. The van der Waals surface area contributed by atoms with Crippen LogP contribution in [0.4, 0.5) is 13.2 Å². The van der Waals surface area contributed by atoms with Crippen molar-refractivity contribution >= 4 is 23.2 Å². The predicted molar refractivity (Wildman–Crippen MR) is 140 cm³/mol. The average Bonchev–Trinajstić information content (AvgIpc) is 3.33. The molecule has 0 saturated carbocycles. The fraction of sp³-hybridized carbons (Fsp3) is 0.321. The van der Waals surface area contributed by atoms with Gasteiger partial charge in [0.2, 0.25) is 0 Å². The van der Waals surface area contributed by atoms with Crippen LogP contribution in [0.3, 0.4) is 0 Å². The van der Waals surface area contributed by atoms with E-state index in [0.29, 0.717) is 42.7 Å². The number of halogens is 4. The summed E-state index contributed by atoms with van der Waals surface area (Å²) >= 11 is 5.95. The Balaban J connectivity index is 1.37. The highest BCUT2D eigenvalue weighted by atomic mass is 35.5. The Morgan fingerprint density at radius 2 is 1.63 bits per heavy atom. The number of alkyl halides is 3. The number of nitrogens with zero attached hydrogens (tertiary/aromatic N) is 5. The number of benzene rings is 2. The van der Waals surface area contributed by atoms with Gasteiger partial charge in [-0.3, -0.25) is 9.69 Å². The Labute approximate surface area is 223 Å².